The Morgan fingerprint density at radius 2 is 2.17 bits per heavy atom. The zero-order valence-electron chi connectivity index (χ0n) is 11.4. The van der Waals surface area contributed by atoms with E-state index in [4.69, 9.17) is 0 Å². The maximum absolute atomic E-state index is 12.0. The van der Waals surface area contributed by atoms with Crippen LogP contribution in [0.1, 0.15) is 58.8 Å². The van der Waals surface area contributed by atoms with Crippen LogP contribution in [0.4, 0.5) is 0 Å². The van der Waals surface area contributed by atoms with Crippen molar-refractivity contribution in [1.29, 1.82) is 0 Å². The molecule has 4 atom stereocenters. The molecule has 2 fully saturated rings. The lowest BCUT2D eigenvalue weighted by Crippen LogP contribution is -2.44. The third-order valence-electron chi connectivity index (χ3n) is 5.26. The molecule has 2 aliphatic carbocycles. The van der Waals surface area contributed by atoms with Crippen LogP contribution >= 0.6 is 0 Å². The van der Waals surface area contributed by atoms with Crippen molar-refractivity contribution in [1.82, 2.24) is 0 Å². The Hall–Kier alpha value is -0.700. The lowest BCUT2D eigenvalue weighted by Gasteiger charge is -2.43. The molecular formula is C15H24O3. The van der Waals surface area contributed by atoms with E-state index in [1.54, 1.807) is 0 Å². The number of Topliss-reactive ketones (excluding diaryl/α,β-unsaturated/α-hetero) is 2. The van der Waals surface area contributed by atoms with E-state index in [0.717, 1.165) is 19.3 Å². The van der Waals surface area contributed by atoms with Crippen molar-refractivity contribution < 1.29 is 14.7 Å². The average Bonchev–Trinajstić information content (AvgIpc) is 2.65. The Labute approximate surface area is 109 Å². The first-order valence-corrected chi connectivity index (χ1v) is 7.22. The molecule has 2 saturated carbocycles. The fourth-order valence-corrected chi connectivity index (χ4v) is 3.94. The van der Waals surface area contributed by atoms with Crippen molar-refractivity contribution in [2.24, 2.45) is 17.3 Å². The van der Waals surface area contributed by atoms with Crippen LogP contribution in [0.2, 0.25) is 0 Å². The van der Waals surface area contributed by atoms with Gasteiger partial charge in [-0.2, -0.15) is 0 Å². The van der Waals surface area contributed by atoms with Crippen molar-refractivity contribution >= 4 is 11.6 Å². The normalized spacial score (nSPS) is 39.7. The Kier molecular flexibility index (Phi) is 3.90. The number of carbonyl (C=O) groups excluding carboxylic acids is 2. The van der Waals surface area contributed by atoms with E-state index in [1.807, 2.05) is 6.92 Å². The summed E-state index contributed by atoms with van der Waals surface area (Å²) in [7, 11) is 0. The van der Waals surface area contributed by atoms with Gasteiger partial charge in [0.2, 0.25) is 0 Å². The summed E-state index contributed by atoms with van der Waals surface area (Å²) in [5.41, 5.74) is -0.223. The van der Waals surface area contributed by atoms with E-state index in [1.165, 1.54) is 0 Å². The van der Waals surface area contributed by atoms with E-state index < -0.39 is 0 Å². The van der Waals surface area contributed by atoms with Crippen molar-refractivity contribution in [3.05, 3.63) is 0 Å². The Bertz CT molecular complexity index is 350. The predicted molar refractivity (Wildman–Crippen MR) is 69.1 cm³/mol. The van der Waals surface area contributed by atoms with Gasteiger partial charge in [-0.25, -0.2) is 0 Å². The highest BCUT2D eigenvalue weighted by atomic mass is 16.3. The Morgan fingerprint density at radius 1 is 1.44 bits per heavy atom. The van der Waals surface area contributed by atoms with Gasteiger partial charge in [-0.15, -0.1) is 0 Å². The van der Waals surface area contributed by atoms with Crippen LogP contribution in [0.15, 0.2) is 0 Å². The topological polar surface area (TPSA) is 54.4 Å². The molecule has 3 heteroatoms. The SMILES string of the molecule is CCC(=O)CCC1C(O)CCC2(C)C(=O)CCC12. The van der Waals surface area contributed by atoms with E-state index in [2.05, 4.69) is 6.92 Å². The summed E-state index contributed by atoms with van der Waals surface area (Å²) < 4.78 is 0. The predicted octanol–water partition coefficient (Wildman–Crippen LogP) is 2.50. The molecule has 0 radical (unpaired) electrons. The number of rotatable bonds is 4. The monoisotopic (exact) mass is 252 g/mol. The molecule has 2 rings (SSSR count). The number of hydrogen-bond acceptors (Lipinski definition) is 3. The van der Waals surface area contributed by atoms with Crippen LogP contribution < -0.4 is 0 Å². The van der Waals surface area contributed by atoms with Gasteiger partial charge in [-0.3, -0.25) is 9.59 Å². The molecule has 0 heterocycles. The Morgan fingerprint density at radius 3 is 2.83 bits per heavy atom. The van der Waals surface area contributed by atoms with E-state index in [9.17, 15) is 14.7 Å². The smallest absolute Gasteiger partial charge is 0.139 e. The lowest BCUT2D eigenvalue weighted by atomic mass is 9.62. The first-order chi connectivity index (χ1) is 8.49. The molecule has 3 nitrogen and oxygen atoms in total. The minimum absolute atomic E-state index is 0.144. The fourth-order valence-electron chi connectivity index (χ4n) is 3.94. The summed E-state index contributed by atoms with van der Waals surface area (Å²) in [6.07, 6.45) is 4.64. The van der Waals surface area contributed by atoms with Gasteiger partial charge in [0, 0.05) is 24.7 Å². The quantitative estimate of drug-likeness (QED) is 0.836. The van der Waals surface area contributed by atoms with Gasteiger partial charge in [0.1, 0.15) is 11.6 Å². The van der Waals surface area contributed by atoms with E-state index in [-0.39, 0.29) is 23.2 Å². The third-order valence-corrected chi connectivity index (χ3v) is 5.26. The molecule has 0 aliphatic heterocycles. The van der Waals surface area contributed by atoms with Gasteiger partial charge in [0.15, 0.2) is 0 Å². The average molecular weight is 252 g/mol. The highest BCUT2D eigenvalue weighted by molar-refractivity contribution is 5.87. The molecule has 0 aromatic rings. The fraction of sp³-hybridized carbons (Fsp3) is 0.867. The summed E-state index contributed by atoms with van der Waals surface area (Å²) in [5, 5.41) is 10.2. The van der Waals surface area contributed by atoms with Crippen molar-refractivity contribution in [2.45, 2.75) is 64.9 Å². The molecule has 0 amide bonds. The first-order valence-electron chi connectivity index (χ1n) is 7.22. The molecule has 4 unspecified atom stereocenters. The van der Waals surface area contributed by atoms with Gasteiger partial charge >= 0.3 is 0 Å². The van der Waals surface area contributed by atoms with Crippen molar-refractivity contribution in [3.63, 3.8) is 0 Å². The first kappa shape index (κ1) is 13.7. The second kappa shape index (κ2) is 5.12. The molecule has 0 aromatic heterocycles. The van der Waals surface area contributed by atoms with Gasteiger partial charge in [0.25, 0.3) is 0 Å². The molecule has 18 heavy (non-hydrogen) atoms. The number of hydrogen-bond donors (Lipinski definition) is 1. The number of aliphatic hydroxyl groups is 1. The van der Waals surface area contributed by atoms with Gasteiger partial charge in [0.05, 0.1) is 6.10 Å². The number of aliphatic hydroxyl groups excluding tert-OH is 1. The van der Waals surface area contributed by atoms with Gasteiger partial charge in [-0.05, 0) is 37.5 Å². The summed E-state index contributed by atoms with van der Waals surface area (Å²) in [5.74, 6) is 1.06. The summed E-state index contributed by atoms with van der Waals surface area (Å²) in [4.78, 5) is 23.5. The maximum Gasteiger partial charge on any atom is 0.139 e. The zero-order chi connectivity index (χ0) is 13.3. The summed E-state index contributed by atoms with van der Waals surface area (Å²) in [6.45, 7) is 3.94. The third kappa shape index (κ3) is 2.25. The minimum atomic E-state index is -0.321. The van der Waals surface area contributed by atoms with Crippen LogP contribution in [0.25, 0.3) is 0 Å². The highest BCUT2D eigenvalue weighted by Gasteiger charge is 2.53. The second-order valence-corrected chi connectivity index (χ2v) is 6.19. The molecule has 1 N–H and O–H groups in total. The van der Waals surface area contributed by atoms with Crippen LogP contribution in [-0.2, 0) is 9.59 Å². The van der Waals surface area contributed by atoms with Crippen LogP contribution in [0.5, 0.6) is 0 Å². The largest absolute Gasteiger partial charge is 0.393 e. The molecule has 0 aromatic carbocycles. The number of fused-ring (bicyclic) bond motifs is 1. The highest BCUT2D eigenvalue weighted by Crippen LogP contribution is 2.53. The zero-order valence-corrected chi connectivity index (χ0v) is 11.4. The summed E-state index contributed by atoms with van der Waals surface area (Å²) >= 11 is 0. The van der Waals surface area contributed by atoms with Crippen LogP contribution in [-0.4, -0.2) is 22.8 Å². The van der Waals surface area contributed by atoms with Gasteiger partial charge in [-0.1, -0.05) is 13.8 Å². The van der Waals surface area contributed by atoms with Crippen molar-refractivity contribution in [2.75, 3.05) is 0 Å². The molecule has 0 saturated heterocycles. The number of carbonyl (C=O) groups is 2. The lowest BCUT2D eigenvalue weighted by molar-refractivity contribution is -0.131. The van der Waals surface area contributed by atoms with Crippen LogP contribution in [0, 0.1) is 17.3 Å². The van der Waals surface area contributed by atoms with Crippen molar-refractivity contribution in [3.8, 4) is 0 Å². The summed E-state index contributed by atoms with van der Waals surface area (Å²) in [6, 6.07) is 0. The standard InChI is InChI=1S/C15H24O3/c1-3-10(16)4-5-11-12-6-7-14(18)15(12,2)9-8-13(11)17/h11-13,17H,3-9H2,1-2H3. The van der Waals surface area contributed by atoms with E-state index in [0.29, 0.717) is 37.4 Å². The van der Waals surface area contributed by atoms with Gasteiger partial charge < -0.3 is 5.11 Å². The maximum atomic E-state index is 12.0. The molecule has 102 valence electrons. The second-order valence-electron chi connectivity index (χ2n) is 6.19. The van der Waals surface area contributed by atoms with Crippen LogP contribution in [0.3, 0.4) is 0 Å². The molecule has 0 spiro atoms. The Balaban J connectivity index is 2.07. The van der Waals surface area contributed by atoms with E-state index >= 15 is 0 Å². The molecule has 2 aliphatic rings. The number of ketones is 2. The molecular weight excluding hydrogens is 228 g/mol. The minimum Gasteiger partial charge on any atom is -0.393 e. The molecule has 0 bridgehead atoms.